The van der Waals surface area contributed by atoms with Crippen molar-refractivity contribution in [2.24, 2.45) is 0 Å². The summed E-state index contributed by atoms with van der Waals surface area (Å²) < 4.78 is 23.8. The standard InChI is InChI=1S/C38H38N4O8/c1-47-31-13-14-32(48-2)28-18-40-22-42-20-30-29(33(49-3)15-16-34(30)50-4)19-41-21-39(17-27(28)31)37(40,25-9-5-23(6-10-25)35(43)44)38(41,42)26-11-7-24(8-12-26)36(45)46/h5-16H,17-22H2,1-4H3,(H,43,44)(H,45,46). The molecule has 0 radical (unpaired) electrons. The van der Waals surface area contributed by atoms with E-state index in [2.05, 4.69) is 19.6 Å². The van der Waals surface area contributed by atoms with Gasteiger partial charge in [-0.15, -0.1) is 0 Å². The lowest BCUT2D eigenvalue weighted by molar-refractivity contribution is -0.0795. The van der Waals surface area contributed by atoms with Gasteiger partial charge in [0.15, 0.2) is 0 Å². The van der Waals surface area contributed by atoms with Crippen LogP contribution in [0.1, 0.15) is 54.1 Å². The molecule has 0 aromatic heterocycles. The maximum Gasteiger partial charge on any atom is 0.335 e. The number of carboxylic acids is 2. The van der Waals surface area contributed by atoms with Crippen LogP contribution in [0.4, 0.5) is 0 Å². The van der Waals surface area contributed by atoms with E-state index in [0.717, 1.165) is 56.4 Å². The molecule has 4 aliphatic heterocycles. The van der Waals surface area contributed by atoms with Gasteiger partial charge in [0.1, 0.15) is 34.3 Å². The van der Waals surface area contributed by atoms with E-state index in [1.165, 1.54) is 0 Å². The van der Waals surface area contributed by atoms with E-state index in [-0.39, 0.29) is 11.1 Å². The summed E-state index contributed by atoms with van der Waals surface area (Å²) >= 11 is 0. The minimum absolute atomic E-state index is 0.192. The summed E-state index contributed by atoms with van der Waals surface area (Å²) in [5.74, 6) is 1.03. The Morgan fingerprint density at radius 1 is 0.480 bits per heavy atom. The molecule has 8 rings (SSSR count). The lowest BCUT2D eigenvalue weighted by Crippen LogP contribution is -2.62. The highest BCUT2D eigenvalue weighted by molar-refractivity contribution is 5.88. The molecular formula is C38H38N4O8. The van der Waals surface area contributed by atoms with Crippen molar-refractivity contribution in [1.82, 2.24) is 19.6 Å². The van der Waals surface area contributed by atoms with Crippen LogP contribution in [0.15, 0.2) is 72.8 Å². The van der Waals surface area contributed by atoms with Crippen molar-refractivity contribution in [3.05, 3.63) is 117 Å². The molecule has 0 saturated carbocycles. The van der Waals surface area contributed by atoms with Gasteiger partial charge in [-0.1, -0.05) is 24.3 Å². The van der Waals surface area contributed by atoms with E-state index in [4.69, 9.17) is 18.9 Å². The number of rotatable bonds is 8. The lowest BCUT2D eigenvalue weighted by atomic mass is 9.79. The second kappa shape index (κ2) is 11.7. The van der Waals surface area contributed by atoms with Crippen molar-refractivity contribution >= 4 is 11.9 Å². The monoisotopic (exact) mass is 678 g/mol. The van der Waals surface area contributed by atoms with Gasteiger partial charge in [-0.05, 0) is 59.7 Å². The topological polar surface area (TPSA) is 124 Å². The van der Waals surface area contributed by atoms with Crippen LogP contribution in [0.25, 0.3) is 0 Å². The third-order valence-corrected chi connectivity index (χ3v) is 11.0. The summed E-state index contributed by atoms with van der Waals surface area (Å²) in [6.07, 6.45) is 0. The van der Waals surface area contributed by atoms with Crippen molar-refractivity contribution in [3.8, 4) is 23.0 Å². The number of benzene rings is 4. The summed E-state index contributed by atoms with van der Waals surface area (Å²) in [4.78, 5) is 33.9. The number of methoxy groups -OCH3 is 4. The van der Waals surface area contributed by atoms with Crippen LogP contribution in [0.2, 0.25) is 0 Å². The van der Waals surface area contributed by atoms with Crippen molar-refractivity contribution in [2.45, 2.75) is 37.5 Å². The molecule has 0 bridgehead atoms. The molecule has 4 aromatic carbocycles. The number of ether oxygens (including phenoxy) is 4. The third kappa shape index (κ3) is 4.19. The zero-order valence-corrected chi connectivity index (χ0v) is 28.3. The molecule has 0 spiro atoms. The second-order valence-electron chi connectivity index (χ2n) is 13.0. The number of nitrogens with zero attached hydrogens (tertiary/aromatic N) is 4. The summed E-state index contributed by atoms with van der Waals surface area (Å²) in [7, 11) is 6.71. The smallest absolute Gasteiger partial charge is 0.335 e. The molecule has 0 amide bonds. The predicted molar refractivity (Wildman–Crippen MR) is 181 cm³/mol. The van der Waals surface area contributed by atoms with Gasteiger partial charge in [0.25, 0.3) is 0 Å². The van der Waals surface area contributed by atoms with Gasteiger partial charge in [-0.25, -0.2) is 9.59 Å². The average Bonchev–Trinajstić information content (AvgIpc) is 3.44. The van der Waals surface area contributed by atoms with Gasteiger partial charge in [0.2, 0.25) is 0 Å². The maximum absolute atomic E-state index is 12.1. The Hall–Kier alpha value is -5.14. The molecule has 12 heteroatoms. The van der Waals surface area contributed by atoms with Crippen LogP contribution in [-0.2, 0) is 37.5 Å². The van der Waals surface area contributed by atoms with E-state index in [0.29, 0.717) is 39.5 Å². The largest absolute Gasteiger partial charge is 0.496 e. The quantitative estimate of drug-likeness (QED) is 0.269. The molecule has 4 aliphatic rings. The molecule has 0 aliphatic carbocycles. The van der Waals surface area contributed by atoms with Crippen molar-refractivity contribution < 1.29 is 38.7 Å². The SMILES string of the molecule is COc1ccc(OC)c2c1CN1CN3Cc4c(OC)ccc(OC)c4CN4CN(C2)C1(c1ccc(C(=O)O)cc1)C34c1ccc(C(=O)O)cc1. The molecule has 4 aromatic rings. The second-order valence-corrected chi connectivity index (χ2v) is 13.0. The van der Waals surface area contributed by atoms with Crippen molar-refractivity contribution in [3.63, 3.8) is 0 Å². The molecular weight excluding hydrogens is 640 g/mol. The molecule has 50 heavy (non-hydrogen) atoms. The minimum Gasteiger partial charge on any atom is -0.496 e. The Kier molecular flexibility index (Phi) is 7.53. The fourth-order valence-corrected chi connectivity index (χ4v) is 9.11. The van der Waals surface area contributed by atoms with Crippen LogP contribution in [0.5, 0.6) is 23.0 Å². The highest BCUT2D eigenvalue weighted by Gasteiger charge is 2.75. The number of hydrogen-bond acceptors (Lipinski definition) is 10. The third-order valence-electron chi connectivity index (χ3n) is 11.0. The fourth-order valence-electron chi connectivity index (χ4n) is 9.11. The average molecular weight is 679 g/mol. The number of fused-ring (bicyclic) bond motifs is 2. The molecule has 258 valence electrons. The highest BCUT2D eigenvalue weighted by atomic mass is 16.5. The van der Waals surface area contributed by atoms with Crippen molar-refractivity contribution in [2.75, 3.05) is 41.8 Å². The number of hydrogen-bond donors (Lipinski definition) is 2. The van der Waals surface area contributed by atoms with Gasteiger partial charge in [0.05, 0.1) is 52.9 Å². The predicted octanol–water partition coefficient (Wildman–Crippen LogP) is 4.70. The first-order chi connectivity index (χ1) is 24.2. The van der Waals surface area contributed by atoms with Crippen LogP contribution in [0, 0.1) is 0 Å². The number of carboxylic acid groups (broad SMARTS) is 2. The van der Waals surface area contributed by atoms with Gasteiger partial charge >= 0.3 is 11.9 Å². The first-order valence-corrected chi connectivity index (χ1v) is 16.4. The molecule has 2 saturated heterocycles. The van der Waals surface area contributed by atoms with Gasteiger partial charge in [-0.3, -0.25) is 19.6 Å². The molecule has 2 fully saturated rings. The van der Waals surface area contributed by atoms with E-state index in [9.17, 15) is 19.8 Å². The Morgan fingerprint density at radius 2 is 0.740 bits per heavy atom. The summed E-state index contributed by atoms with van der Waals surface area (Å²) in [5, 5.41) is 19.8. The van der Waals surface area contributed by atoms with Crippen LogP contribution < -0.4 is 18.9 Å². The van der Waals surface area contributed by atoms with E-state index in [1.807, 2.05) is 48.5 Å². The minimum atomic E-state index is -1.00. The van der Waals surface area contributed by atoms with Gasteiger partial charge < -0.3 is 29.2 Å². The molecule has 2 N–H and O–H groups in total. The summed E-state index contributed by atoms with van der Waals surface area (Å²) in [5.41, 5.74) is 4.45. The normalized spacial score (nSPS) is 22.9. The first kappa shape index (κ1) is 32.1. The van der Waals surface area contributed by atoms with Crippen LogP contribution in [0.3, 0.4) is 0 Å². The zero-order valence-electron chi connectivity index (χ0n) is 28.3. The fraction of sp³-hybridized carbons (Fsp3) is 0.316. The maximum atomic E-state index is 12.1. The zero-order chi connectivity index (χ0) is 34.9. The lowest BCUT2D eigenvalue weighted by Gasteiger charge is -2.51. The molecule has 4 heterocycles. The molecule has 12 nitrogen and oxygen atoms in total. The Balaban J connectivity index is 1.46. The Bertz CT molecular complexity index is 1790. The Labute approximate surface area is 289 Å². The van der Waals surface area contributed by atoms with Crippen LogP contribution >= 0.6 is 0 Å². The Morgan fingerprint density at radius 3 is 0.960 bits per heavy atom. The molecule has 0 unspecified atom stereocenters. The van der Waals surface area contributed by atoms with E-state index in [1.54, 1.807) is 52.7 Å². The highest BCUT2D eigenvalue weighted by Crippen LogP contribution is 2.65. The van der Waals surface area contributed by atoms with Crippen molar-refractivity contribution in [1.29, 1.82) is 0 Å². The van der Waals surface area contributed by atoms with E-state index < -0.39 is 23.3 Å². The number of carbonyl (C=O) groups is 2. The van der Waals surface area contributed by atoms with Crippen LogP contribution in [-0.4, -0.2) is 83.5 Å². The number of aromatic carboxylic acids is 2. The van der Waals surface area contributed by atoms with Gasteiger partial charge in [0, 0.05) is 48.4 Å². The first-order valence-electron chi connectivity index (χ1n) is 16.4. The molecule has 0 atom stereocenters. The van der Waals surface area contributed by atoms with E-state index >= 15 is 0 Å². The summed E-state index contributed by atoms with van der Waals surface area (Å²) in [6.45, 7) is 2.97. The van der Waals surface area contributed by atoms with Gasteiger partial charge in [-0.2, -0.15) is 0 Å². The summed E-state index contributed by atoms with van der Waals surface area (Å²) in [6, 6.07) is 22.1.